The molecule has 1 rings (SSSR count). The monoisotopic (exact) mass is 283 g/mol. The first kappa shape index (κ1) is 17.9. The molecule has 0 amide bonds. The highest BCUT2D eigenvalue weighted by Gasteiger charge is 1.95. The molecular weight excluding hydrogens is 246 g/mol. The van der Waals surface area contributed by atoms with Crippen molar-refractivity contribution in [2.75, 3.05) is 39.3 Å². The van der Waals surface area contributed by atoms with Crippen molar-refractivity contribution in [2.45, 2.75) is 70.6 Å². The molecule has 3 N–H and O–H groups in total. The standard InChI is InChI=1S/C17H37N3/c1-3-8-14-19-16-10-5-11-17-20-15-9-4-2-7-13-18-12-6-1/h18-20H,1-17H2. The number of hydrogen-bond acceptors (Lipinski definition) is 3. The van der Waals surface area contributed by atoms with Gasteiger partial charge < -0.3 is 16.0 Å². The molecular formula is C17H37N3. The summed E-state index contributed by atoms with van der Waals surface area (Å²) < 4.78 is 0. The molecule has 3 heteroatoms. The lowest BCUT2D eigenvalue weighted by molar-refractivity contribution is 0.518. The Hall–Kier alpha value is -0.120. The number of hydrogen-bond donors (Lipinski definition) is 3. The molecule has 0 aromatic carbocycles. The fourth-order valence-corrected chi connectivity index (χ4v) is 2.76. The minimum atomic E-state index is 1.21. The van der Waals surface area contributed by atoms with Crippen molar-refractivity contribution in [1.29, 1.82) is 0 Å². The Morgan fingerprint density at radius 2 is 0.450 bits per heavy atom. The van der Waals surface area contributed by atoms with E-state index in [1.165, 1.54) is 110 Å². The normalized spacial score (nSPS) is 24.0. The maximum atomic E-state index is 3.58. The Kier molecular flexibility index (Phi) is 13.7. The van der Waals surface area contributed by atoms with Gasteiger partial charge in [-0.05, 0) is 77.8 Å². The van der Waals surface area contributed by atoms with Gasteiger partial charge in [-0.1, -0.05) is 32.1 Å². The number of nitrogens with one attached hydrogen (secondary N) is 3. The lowest BCUT2D eigenvalue weighted by Crippen LogP contribution is -2.19. The van der Waals surface area contributed by atoms with E-state index in [0.29, 0.717) is 0 Å². The molecule has 0 radical (unpaired) electrons. The molecule has 1 heterocycles. The zero-order chi connectivity index (χ0) is 14.1. The summed E-state index contributed by atoms with van der Waals surface area (Å²) in [6.45, 7) is 7.28. The van der Waals surface area contributed by atoms with E-state index in [1.54, 1.807) is 0 Å². The van der Waals surface area contributed by atoms with Gasteiger partial charge in [-0.2, -0.15) is 0 Å². The molecule has 0 saturated carbocycles. The van der Waals surface area contributed by atoms with Crippen LogP contribution in [0.5, 0.6) is 0 Å². The Labute approximate surface area is 126 Å². The second kappa shape index (κ2) is 15.3. The van der Waals surface area contributed by atoms with Crippen LogP contribution in [0.25, 0.3) is 0 Å². The third kappa shape index (κ3) is 12.9. The molecule has 0 aromatic rings. The summed E-state index contributed by atoms with van der Waals surface area (Å²) in [6.07, 6.45) is 15.0. The van der Waals surface area contributed by atoms with Gasteiger partial charge in [0, 0.05) is 0 Å². The van der Waals surface area contributed by atoms with Gasteiger partial charge in [0.25, 0.3) is 0 Å². The van der Waals surface area contributed by atoms with E-state index in [2.05, 4.69) is 16.0 Å². The highest BCUT2D eigenvalue weighted by atomic mass is 14.9. The van der Waals surface area contributed by atoms with E-state index < -0.39 is 0 Å². The van der Waals surface area contributed by atoms with Gasteiger partial charge in [0.15, 0.2) is 0 Å². The molecule has 0 atom stereocenters. The van der Waals surface area contributed by atoms with Crippen LogP contribution in [-0.4, -0.2) is 39.3 Å². The van der Waals surface area contributed by atoms with Gasteiger partial charge in [-0.25, -0.2) is 0 Å². The van der Waals surface area contributed by atoms with Gasteiger partial charge in [0.05, 0.1) is 0 Å². The molecule has 20 heavy (non-hydrogen) atoms. The average molecular weight is 284 g/mol. The first-order chi connectivity index (χ1) is 10.0. The van der Waals surface area contributed by atoms with Crippen molar-refractivity contribution in [3.8, 4) is 0 Å². The Bertz CT molecular complexity index is 98.6. The van der Waals surface area contributed by atoms with Crippen molar-refractivity contribution >= 4 is 0 Å². The van der Waals surface area contributed by atoms with Crippen LogP contribution >= 0.6 is 0 Å². The first-order valence-corrected chi connectivity index (χ1v) is 9.12. The summed E-state index contributed by atoms with van der Waals surface area (Å²) in [6, 6.07) is 0. The topological polar surface area (TPSA) is 36.1 Å². The maximum Gasteiger partial charge on any atom is -0.00489 e. The maximum absolute atomic E-state index is 3.58. The molecule has 0 spiro atoms. The second-order valence-corrected chi connectivity index (χ2v) is 6.14. The van der Waals surface area contributed by atoms with Gasteiger partial charge in [0.2, 0.25) is 0 Å². The van der Waals surface area contributed by atoms with Crippen LogP contribution < -0.4 is 16.0 Å². The van der Waals surface area contributed by atoms with E-state index in [0.717, 1.165) is 0 Å². The van der Waals surface area contributed by atoms with E-state index in [9.17, 15) is 0 Å². The van der Waals surface area contributed by atoms with Crippen LogP contribution in [0.3, 0.4) is 0 Å². The predicted molar refractivity (Wildman–Crippen MR) is 89.4 cm³/mol. The summed E-state index contributed by atoms with van der Waals surface area (Å²) in [5.41, 5.74) is 0. The Morgan fingerprint density at radius 1 is 0.250 bits per heavy atom. The molecule has 0 unspecified atom stereocenters. The molecule has 1 aliphatic rings. The fraction of sp³-hybridized carbons (Fsp3) is 1.00. The van der Waals surface area contributed by atoms with Crippen LogP contribution in [0, 0.1) is 0 Å². The van der Waals surface area contributed by atoms with Gasteiger partial charge >= 0.3 is 0 Å². The third-order valence-corrected chi connectivity index (χ3v) is 4.12. The highest BCUT2D eigenvalue weighted by molar-refractivity contribution is 4.56. The van der Waals surface area contributed by atoms with Crippen LogP contribution in [0.2, 0.25) is 0 Å². The zero-order valence-corrected chi connectivity index (χ0v) is 13.5. The highest BCUT2D eigenvalue weighted by Crippen LogP contribution is 2.01. The van der Waals surface area contributed by atoms with Crippen LogP contribution in [0.4, 0.5) is 0 Å². The summed E-state index contributed by atoms with van der Waals surface area (Å²) in [7, 11) is 0. The molecule has 120 valence electrons. The van der Waals surface area contributed by atoms with Gasteiger partial charge in [0.1, 0.15) is 0 Å². The van der Waals surface area contributed by atoms with Crippen LogP contribution in [0.15, 0.2) is 0 Å². The summed E-state index contributed by atoms with van der Waals surface area (Å²) in [5.74, 6) is 0. The molecule has 0 bridgehead atoms. The SMILES string of the molecule is C1CCCNCCCCCNCCCCCCNCC1. The minimum Gasteiger partial charge on any atom is -0.317 e. The van der Waals surface area contributed by atoms with E-state index in [-0.39, 0.29) is 0 Å². The van der Waals surface area contributed by atoms with E-state index >= 15 is 0 Å². The van der Waals surface area contributed by atoms with Crippen molar-refractivity contribution in [1.82, 2.24) is 16.0 Å². The van der Waals surface area contributed by atoms with Crippen LogP contribution in [0.1, 0.15) is 70.6 Å². The predicted octanol–water partition coefficient (Wildman–Crippen LogP) is 3.06. The molecule has 1 aliphatic heterocycles. The smallest absolute Gasteiger partial charge is 0.00489 e. The van der Waals surface area contributed by atoms with Crippen LogP contribution in [-0.2, 0) is 0 Å². The lowest BCUT2D eigenvalue weighted by Gasteiger charge is -2.08. The first-order valence-electron chi connectivity index (χ1n) is 9.12. The molecule has 1 saturated heterocycles. The third-order valence-electron chi connectivity index (χ3n) is 4.12. The second-order valence-electron chi connectivity index (χ2n) is 6.14. The van der Waals surface area contributed by atoms with Crippen molar-refractivity contribution < 1.29 is 0 Å². The lowest BCUT2D eigenvalue weighted by atomic mass is 10.1. The molecule has 3 nitrogen and oxygen atoms in total. The molecule has 0 aliphatic carbocycles. The van der Waals surface area contributed by atoms with Crippen molar-refractivity contribution in [3.63, 3.8) is 0 Å². The van der Waals surface area contributed by atoms with E-state index in [4.69, 9.17) is 0 Å². The Balaban J connectivity index is 2.00. The summed E-state index contributed by atoms with van der Waals surface area (Å²) in [4.78, 5) is 0. The van der Waals surface area contributed by atoms with Crippen molar-refractivity contribution in [2.24, 2.45) is 0 Å². The van der Waals surface area contributed by atoms with E-state index in [1.807, 2.05) is 0 Å². The molecule has 0 aromatic heterocycles. The summed E-state index contributed by atoms with van der Waals surface area (Å²) >= 11 is 0. The number of rotatable bonds is 0. The average Bonchev–Trinajstić information content (AvgIpc) is 2.46. The molecule has 1 fully saturated rings. The van der Waals surface area contributed by atoms with Gasteiger partial charge in [-0.15, -0.1) is 0 Å². The quantitative estimate of drug-likeness (QED) is 0.639. The fourth-order valence-electron chi connectivity index (χ4n) is 2.76. The minimum absolute atomic E-state index is 1.21. The van der Waals surface area contributed by atoms with Gasteiger partial charge in [-0.3, -0.25) is 0 Å². The van der Waals surface area contributed by atoms with Crippen molar-refractivity contribution in [3.05, 3.63) is 0 Å². The largest absolute Gasteiger partial charge is 0.317 e. The Morgan fingerprint density at radius 3 is 0.700 bits per heavy atom. The summed E-state index contributed by atoms with van der Waals surface area (Å²) in [5, 5.41) is 10.7. The zero-order valence-electron chi connectivity index (χ0n) is 13.5.